The fraction of sp³-hybridized carbons (Fsp3) is 0.500. The highest BCUT2D eigenvalue weighted by Crippen LogP contribution is 2.25. The van der Waals surface area contributed by atoms with Gasteiger partial charge < -0.3 is 10.2 Å². The lowest BCUT2D eigenvalue weighted by molar-refractivity contribution is 0.537. The zero-order valence-electron chi connectivity index (χ0n) is 11.5. The highest BCUT2D eigenvalue weighted by molar-refractivity contribution is 8.14. The molecule has 1 N–H and O–H groups in total. The molecule has 0 spiro atoms. The van der Waals surface area contributed by atoms with Gasteiger partial charge in [-0.1, -0.05) is 24.8 Å². The third kappa shape index (κ3) is 3.19. The predicted molar refractivity (Wildman–Crippen MR) is 82.9 cm³/mol. The van der Waals surface area contributed by atoms with E-state index >= 15 is 0 Å². The van der Waals surface area contributed by atoms with Crippen LogP contribution in [0.15, 0.2) is 29.3 Å². The summed E-state index contributed by atoms with van der Waals surface area (Å²) in [5.41, 5.74) is 2.30. The topological polar surface area (TPSA) is 27.6 Å². The number of nitrogens with zero attached hydrogens (tertiary/aromatic N) is 2. The van der Waals surface area contributed by atoms with Crippen molar-refractivity contribution >= 4 is 28.3 Å². The van der Waals surface area contributed by atoms with Crippen LogP contribution in [-0.2, 0) is 0 Å². The Morgan fingerprint density at radius 1 is 1.33 bits per heavy atom. The van der Waals surface area contributed by atoms with Crippen molar-refractivity contribution in [2.45, 2.75) is 19.9 Å². The van der Waals surface area contributed by atoms with Crippen molar-refractivity contribution in [2.24, 2.45) is 10.9 Å². The highest BCUT2D eigenvalue weighted by atomic mass is 32.2. The van der Waals surface area contributed by atoms with Crippen LogP contribution < -0.4 is 10.2 Å². The van der Waals surface area contributed by atoms with E-state index in [1.165, 1.54) is 5.69 Å². The normalized spacial score (nSPS) is 23.4. The second-order valence-corrected chi connectivity index (χ2v) is 6.04. The first-order valence-corrected chi connectivity index (χ1v) is 7.30. The monoisotopic (exact) mass is 263 g/mol. The molecule has 0 amide bonds. The van der Waals surface area contributed by atoms with Crippen molar-refractivity contribution < 1.29 is 0 Å². The number of aliphatic imine (C=N–C) groups is 1. The number of rotatable bonds is 2. The van der Waals surface area contributed by atoms with E-state index in [4.69, 9.17) is 0 Å². The van der Waals surface area contributed by atoms with Gasteiger partial charge in [-0.3, -0.25) is 4.99 Å². The van der Waals surface area contributed by atoms with E-state index in [1.807, 2.05) is 11.8 Å². The van der Waals surface area contributed by atoms with E-state index in [2.05, 4.69) is 67.4 Å². The van der Waals surface area contributed by atoms with Crippen molar-refractivity contribution in [3.8, 4) is 0 Å². The highest BCUT2D eigenvalue weighted by Gasteiger charge is 2.19. The van der Waals surface area contributed by atoms with Crippen molar-refractivity contribution in [1.82, 2.24) is 0 Å². The molecule has 1 aliphatic rings. The second kappa shape index (κ2) is 5.65. The first-order valence-electron chi connectivity index (χ1n) is 6.31. The molecule has 3 nitrogen and oxygen atoms in total. The Bertz CT molecular complexity index is 442. The Balaban J connectivity index is 2.10. The second-order valence-electron chi connectivity index (χ2n) is 5.03. The van der Waals surface area contributed by atoms with E-state index in [0.717, 1.165) is 16.6 Å². The molecule has 18 heavy (non-hydrogen) atoms. The quantitative estimate of drug-likeness (QED) is 0.887. The molecule has 1 aliphatic heterocycles. The van der Waals surface area contributed by atoms with Gasteiger partial charge in [0.15, 0.2) is 5.17 Å². The predicted octanol–water partition coefficient (Wildman–Crippen LogP) is 3.29. The minimum Gasteiger partial charge on any atom is -0.378 e. The molecule has 2 atom stereocenters. The first-order chi connectivity index (χ1) is 8.56. The van der Waals surface area contributed by atoms with Crippen molar-refractivity contribution in [1.29, 1.82) is 0 Å². The van der Waals surface area contributed by atoms with Gasteiger partial charge in [-0.25, -0.2) is 0 Å². The molecule has 1 aromatic carbocycles. The molecular weight excluding hydrogens is 242 g/mol. The lowest BCUT2D eigenvalue weighted by Crippen LogP contribution is -2.25. The van der Waals surface area contributed by atoms with Crippen LogP contribution in [0.2, 0.25) is 0 Å². The van der Waals surface area contributed by atoms with Crippen LogP contribution in [0.3, 0.4) is 0 Å². The molecule has 0 saturated carbocycles. The average Bonchev–Trinajstić information content (AvgIpc) is 2.34. The number of anilines is 2. The van der Waals surface area contributed by atoms with E-state index < -0.39 is 0 Å². The summed E-state index contributed by atoms with van der Waals surface area (Å²) in [6.07, 6.45) is 0. The maximum Gasteiger partial charge on any atom is 0.161 e. The Morgan fingerprint density at radius 3 is 2.78 bits per heavy atom. The van der Waals surface area contributed by atoms with Crippen LogP contribution in [0, 0.1) is 5.92 Å². The van der Waals surface area contributed by atoms with Gasteiger partial charge in [0.25, 0.3) is 0 Å². The summed E-state index contributed by atoms with van der Waals surface area (Å²) in [5, 5.41) is 4.45. The first kappa shape index (κ1) is 13.3. The average molecular weight is 263 g/mol. The largest absolute Gasteiger partial charge is 0.378 e. The molecule has 4 heteroatoms. The summed E-state index contributed by atoms with van der Waals surface area (Å²) in [7, 11) is 4.10. The maximum atomic E-state index is 4.69. The Hall–Kier alpha value is -1.16. The molecule has 98 valence electrons. The Kier molecular flexibility index (Phi) is 4.17. The lowest BCUT2D eigenvalue weighted by Gasteiger charge is -2.24. The third-order valence-corrected chi connectivity index (χ3v) is 4.41. The molecule has 1 aromatic rings. The maximum absolute atomic E-state index is 4.69. The molecule has 0 aromatic heterocycles. The Morgan fingerprint density at radius 2 is 2.11 bits per heavy atom. The van der Waals surface area contributed by atoms with Crippen LogP contribution in [0.5, 0.6) is 0 Å². The number of thioether (sulfide) groups is 1. The fourth-order valence-electron chi connectivity index (χ4n) is 1.75. The van der Waals surface area contributed by atoms with Crippen LogP contribution in [-0.4, -0.2) is 31.1 Å². The summed E-state index contributed by atoms with van der Waals surface area (Å²) < 4.78 is 0. The van der Waals surface area contributed by atoms with E-state index in [-0.39, 0.29) is 0 Å². The molecular formula is C14H21N3S. The molecule has 0 saturated heterocycles. The lowest BCUT2D eigenvalue weighted by atomic mass is 10.1. The van der Waals surface area contributed by atoms with Crippen molar-refractivity contribution in [2.75, 3.05) is 30.1 Å². The van der Waals surface area contributed by atoms with Gasteiger partial charge in [-0.2, -0.15) is 0 Å². The summed E-state index contributed by atoms with van der Waals surface area (Å²) in [6.45, 7) is 4.44. The molecule has 1 heterocycles. The summed E-state index contributed by atoms with van der Waals surface area (Å²) in [6, 6.07) is 8.80. The number of amidine groups is 1. The smallest absolute Gasteiger partial charge is 0.161 e. The molecule has 0 aliphatic carbocycles. The third-order valence-electron chi connectivity index (χ3n) is 3.24. The zero-order valence-corrected chi connectivity index (χ0v) is 12.3. The summed E-state index contributed by atoms with van der Waals surface area (Å²) in [5.74, 6) is 1.80. The number of nitrogens with one attached hydrogen (secondary N) is 1. The Labute approximate surface area is 114 Å². The molecule has 2 unspecified atom stereocenters. The minimum absolute atomic E-state index is 0.408. The van der Waals surface area contributed by atoms with Gasteiger partial charge >= 0.3 is 0 Å². The van der Waals surface area contributed by atoms with Crippen molar-refractivity contribution in [3.63, 3.8) is 0 Å². The number of benzene rings is 1. The SMILES string of the molecule is CC1CSC(Nc2cccc(N(C)C)c2)=NC1C. The molecule has 0 radical (unpaired) electrons. The van der Waals surface area contributed by atoms with E-state index in [1.54, 1.807) is 0 Å². The molecule has 2 rings (SSSR count). The fourth-order valence-corrected chi connectivity index (χ4v) is 2.88. The van der Waals surface area contributed by atoms with Gasteiger partial charge in [0, 0.05) is 31.2 Å². The minimum atomic E-state index is 0.408. The van der Waals surface area contributed by atoms with Crippen LogP contribution >= 0.6 is 11.8 Å². The molecule has 0 bridgehead atoms. The zero-order chi connectivity index (χ0) is 13.1. The van der Waals surface area contributed by atoms with Gasteiger partial charge in [0.05, 0.1) is 6.04 Å². The van der Waals surface area contributed by atoms with E-state index in [0.29, 0.717) is 12.0 Å². The van der Waals surface area contributed by atoms with Crippen LogP contribution in [0.25, 0.3) is 0 Å². The van der Waals surface area contributed by atoms with Gasteiger partial charge in [0.1, 0.15) is 0 Å². The van der Waals surface area contributed by atoms with Crippen LogP contribution in [0.4, 0.5) is 11.4 Å². The van der Waals surface area contributed by atoms with Gasteiger partial charge in [-0.05, 0) is 31.0 Å². The molecule has 0 fully saturated rings. The number of hydrogen-bond donors (Lipinski definition) is 1. The van der Waals surface area contributed by atoms with E-state index in [9.17, 15) is 0 Å². The standard InChI is InChI=1S/C14H21N3S/c1-10-9-18-14(15-11(10)2)16-12-6-5-7-13(8-12)17(3)4/h5-8,10-11H,9H2,1-4H3,(H,15,16). The summed E-state index contributed by atoms with van der Waals surface area (Å²) >= 11 is 1.81. The number of hydrogen-bond acceptors (Lipinski definition) is 4. The summed E-state index contributed by atoms with van der Waals surface area (Å²) in [4.78, 5) is 6.79. The van der Waals surface area contributed by atoms with Crippen LogP contribution in [0.1, 0.15) is 13.8 Å². The van der Waals surface area contributed by atoms with Gasteiger partial charge in [0.2, 0.25) is 0 Å². The van der Waals surface area contributed by atoms with Crippen molar-refractivity contribution in [3.05, 3.63) is 24.3 Å². The van der Waals surface area contributed by atoms with Gasteiger partial charge in [-0.15, -0.1) is 0 Å².